The first-order valence-corrected chi connectivity index (χ1v) is 14.1. The van der Waals surface area contributed by atoms with E-state index in [-0.39, 0.29) is 42.0 Å². The van der Waals surface area contributed by atoms with Gasteiger partial charge in [-0.1, -0.05) is 18.2 Å². The highest BCUT2D eigenvalue weighted by Crippen LogP contribution is 2.60. The maximum absolute atomic E-state index is 14.8. The van der Waals surface area contributed by atoms with Gasteiger partial charge in [-0.15, -0.1) is 0 Å². The van der Waals surface area contributed by atoms with Crippen molar-refractivity contribution in [2.45, 2.75) is 54.1 Å². The Bertz CT molecular complexity index is 1340. The van der Waals surface area contributed by atoms with E-state index in [1.807, 2.05) is 0 Å². The van der Waals surface area contributed by atoms with Gasteiger partial charge in [0.25, 0.3) is 0 Å². The number of fused-ring (bicyclic) bond motifs is 3. The Morgan fingerprint density at radius 2 is 1.68 bits per heavy atom. The molecule has 1 aliphatic heterocycles. The number of nitrogens with zero attached hydrogens (tertiary/aromatic N) is 1. The molecule has 0 bridgehead atoms. The standard InChI is InChI=1S/C27H28F5NO4S/c1-25(29,27(30,31)32)18-3-9-22-17(16-18)2-8-23-21(24(34)33-12-14-37-15-13-33)10-11-26(22,23)38(35,36)20-6-4-19(28)5-7-20/h3-7,9,16,21,23H,2,8,10-15H2,1H3/t21-,23-,25?,26+/m0/s1. The van der Waals surface area contributed by atoms with E-state index in [0.717, 1.165) is 24.3 Å². The van der Waals surface area contributed by atoms with Gasteiger partial charge in [0.05, 0.1) is 18.1 Å². The Labute approximate surface area is 217 Å². The number of rotatable bonds is 4. The van der Waals surface area contributed by atoms with Crippen LogP contribution in [0.5, 0.6) is 0 Å². The van der Waals surface area contributed by atoms with Crippen molar-refractivity contribution in [3.8, 4) is 0 Å². The summed E-state index contributed by atoms with van der Waals surface area (Å²) in [5.41, 5.74) is -3.61. The summed E-state index contributed by atoms with van der Waals surface area (Å²) < 4.78 is 101. The predicted molar refractivity (Wildman–Crippen MR) is 128 cm³/mol. The number of hydrogen-bond acceptors (Lipinski definition) is 4. The molecule has 1 unspecified atom stereocenters. The molecule has 2 aliphatic carbocycles. The molecular weight excluding hydrogens is 529 g/mol. The Balaban J connectivity index is 1.65. The van der Waals surface area contributed by atoms with E-state index < -0.39 is 49.6 Å². The fourth-order valence-electron chi connectivity index (χ4n) is 6.45. The summed E-state index contributed by atoms with van der Waals surface area (Å²) in [6, 6.07) is 7.79. The van der Waals surface area contributed by atoms with E-state index in [9.17, 15) is 35.2 Å². The molecule has 0 aromatic heterocycles. The predicted octanol–water partition coefficient (Wildman–Crippen LogP) is 5.07. The molecule has 5 rings (SSSR count). The highest BCUT2D eigenvalue weighted by Gasteiger charge is 2.62. The number of sulfone groups is 1. The first kappa shape index (κ1) is 27.1. The summed E-state index contributed by atoms with van der Waals surface area (Å²) in [7, 11) is -4.24. The monoisotopic (exact) mass is 557 g/mol. The summed E-state index contributed by atoms with van der Waals surface area (Å²) in [5.74, 6) is -2.04. The zero-order chi connectivity index (χ0) is 27.5. The van der Waals surface area contributed by atoms with Gasteiger partial charge < -0.3 is 9.64 Å². The zero-order valence-electron chi connectivity index (χ0n) is 20.7. The Kier molecular flexibility index (Phi) is 6.61. The minimum Gasteiger partial charge on any atom is -0.378 e. The van der Waals surface area contributed by atoms with Gasteiger partial charge >= 0.3 is 6.18 Å². The van der Waals surface area contributed by atoms with Crippen LogP contribution in [0.4, 0.5) is 22.0 Å². The molecule has 1 saturated carbocycles. The van der Waals surface area contributed by atoms with Crippen molar-refractivity contribution in [1.82, 2.24) is 4.90 Å². The summed E-state index contributed by atoms with van der Waals surface area (Å²) in [4.78, 5) is 15.1. The number of alkyl halides is 4. The van der Waals surface area contributed by atoms with Gasteiger partial charge in [-0.3, -0.25) is 4.79 Å². The smallest absolute Gasteiger partial charge is 0.378 e. The molecule has 1 heterocycles. The third-order valence-electron chi connectivity index (χ3n) is 8.52. The van der Waals surface area contributed by atoms with Gasteiger partial charge in [-0.25, -0.2) is 17.2 Å². The van der Waals surface area contributed by atoms with E-state index in [4.69, 9.17) is 4.74 Å². The minimum absolute atomic E-state index is 0.0661. The fraction of sp³-hybridized carbons (Fsp3) is 0.519. The molecule has 4 atom stereocenters. The van der Waals surface area contributed by atoms with Crippen LogP contribution in [0.25, 0.3) is 0 Å². The average molecular weight is 558 g/mol. The lowest BCUT2D eigenvalue weighted by molar-refractivity contribution is -0.228. The van der Waals surface area contributed by atoms with Gasteiger partial charge in [0.15, 0.2) is 9.84 Å². The summed E-state index contributed by atoms with van der Waals surface area (Å²) >= 11 is 0. The van der Waals surface area contributed by atoms with Crippen LogP contribution in [0.15, 0.2) is 47.4 Å². The normalized spacial score (nSPS) is 27.4. The van der Waals surface area contributed by atoms with Gasteiger partial charge in [0, 0.05) is 19.0 Å². The molecule has 0 spiro atoms. The molecule has 2 aromatic rings. The van der Waals surface area contributed by atoms with Crippen molar-refractivity contribution < 1.29 is 39.9 Å². The highest BCUT2D eigenvalue weighted by atomic mass is 32.2. The molecule has 206 valence electrons. The van der Waals surface area contributed by atoms with Crippen LogP contribution in [0.3, 0.4) is 0 Å². The molecule has 0 radical (unpaired) electrons. The summed E-state index contributed by atoms with van der Waals surface area (Å²) in [6.45, 7) is 2.00. The maximum atomic E-state index is 14.8. The molecule has 38 heavy (non-hydrogen) atoms. The van der Waals surface area contributed by atoms with Crippen LogP contribution in [-0.4, -0.2) is 51.7 Å². The molecule has 11 heteroatoms. The third-order valence-corrected chi connectivity index (χ3v) is 11.1. The second kappa shape index (κ2) is 9.29. The summed E-state index contributed by atoms with van der Waals surface area (Å²) in [6.07, 6.45) is -4.39. The first-order chi connectivity index (χ1) is 17.8. The summed E-state index contributed by atoms with van der Waals surface area (Å²) in [5, 5.41) is 0. The first-order valence-electron chi connectivity index (χ1n) is 12.6. The van der Waals surface area contributed by atoms with Crippen molar-refractivity contribution in [1.29, 1.82) is 0 Å². The zero-order valence-corrected chi connectivity index (χ0v) is 21.5. The van der Waals surface area contributed by atoms with Crippen molar-refractivity contribution >= 4 is 15.7 Å². The lowest BCUT2D eigenvalue weighted by Crippen LogP contribution is -2.49. The number of hydrogen-bond donors (Lipinski definition) is 0. The van der Waals surface area contributed by atoms with Crippen LogP contribution >= 0.6 is 0 Å². The largest absolute Gasteiger partial charge is 0.426 e. The van der Waals surface area contributed by atoms with Crippen molar-refractivity contribution in [3.63, 3.8) is 0 Å². The van der Waals surface area contributed by atoms with E-state index in [2.05, 4.69) is 0 Å². The second-order valence-electron chi connectivity index (χ2n) is 10.4. The molecule has 5 nitrogen and oxygen atoms in total. The van der Waals surface area contributed by atoms with Crippen LogP contribution in [0, 0.1) is 17.7 Å². The maximum Gasteiger partial charge on any atom is 0.426 e. The second-order valence-corrected chi connectivity index (χ2v) is 12.7. The fourth-order valence-corrected chi connectivity index (χ4v) is 8.92. The SMILES string of the molecule is CC(F)(c1ccc2c(c1)CC[C@H]1[C@@H](C(=O)N3CCOCC3)CC[C@@]21S(=O)(=O)c1ccc(F)cc1)C(F)(F)F. The number of halogens is 5. The number of amides is 1. The number of carbonyl (C=O) groups excluding carboxylic acids is 1. The lowest BCUT2D eigenvalue weighted by Gasteiger charge is -2.43. The van der Waals surface area contributed by atoms with Gasteiger partial charge in [-0.2, -0.15) is 13.2 Å². The molecule has 2 fully saturated rings. The van der Waals surface area contributed by atoms with E-state index >= 15 is 0 Å². The number of aryl methyl sites for hydroxylation is 1. The van der Waals surface area contributed by atoms with Gasteiger partial charge in [-0.05, 0) is 79.5 Å². The van der Waals surface area contributed by atoms with Crippen LogP contribution < -0.4 is 0 Å². The molecule has 0 N–H and O–H groups in total. The van der Waals surface area contributed by atoms with Gasteiger partial charge in [0.1, 0.15) is 10.6 Å². The lowest BCUT2D eigenvalue weighted by atomic mass is 9.72. The molecule has 1 amide bonds. The minimum atomic E-state index is -5.15. The van der Waals surface area contributed by atoms with Crippen molar-refractivity contribution in [2.24, 2.45) is 11.8 Å². The van der Waals surface area contributed by atoms with Crippen LogP contribution in [-0.2, 0) is 36.2 Å². The number of ether oxygens (including phenoxy) is 1. The van der Waals surface area contributed by atoms with E-state index in [1.165, 1.54) is 18.2 Å². The van der Waals surface area contributed by atoms with Crippen molar-refractivity contribution in [3.05, 3.63) is 65.0 Å². The highest BCUT2D eigenvalue weighted by molar-refractivity contribution is 7.92. The number of carbonyl (C=O) groups is 1. The topological polar surface area (TPSA) is 63.7 Å². The number of morpholine rings is 1. The van der Waals surface area contributed by atoms with Crippen LogP contribution in [0.2, 0.25) is 0 Å². The molecule has 1 saturated heterocycles. The van der Waals surface area contributed by atoms with Crippen molar-refractivity contribution in [2.75, 3.05) is 26.3 Å². The Morgan fingerprint density at radius 3 is 2.32 bits per heavy atom. The van der Waals surface area contributed by atoms with Gasteiger partial charge in [0.2, 0.25) is 11.6 Å². The Morgan fingerprint density at radius 1 is 1.03 bits per heavy atom. The molecule has 3 aliphatic rings. The molecular formula is C27H28F5NO4S. The average Bonchev–Trinajstić information content (AvgIpc) is 3.30. The van der Waals surface area contributed by atoms with E-state index in [1.54, 1.807) is 4.90 Å². The van der Waals surface area contributed by atoms with Crippen LogP contribution in [0.1, 0.15) is 42.9 Å². The Hall–Kier alpha value is -2.53. The third kappa shape index (κ3) is 4.04. The number of benzene rings is 2. The molecule has 2 aromatic carbocycles. The van der Waals surface area contributed by atoms with E-state index in [0.29, 0.717) is 38.8 Å². The quantitative estimate of drug-likeness (QED) is 0.389.